The summed E-state index contributed by atoms with van der Waals surface area (Å²) in [5.74, 6) is 0.327. The van der Waals surface area contributed by atoms with Crippen molar-refractivity contribution in [2.45, 2.75) is 38.1 Å². The van der Waals surface area contributed by atoms with E-state index in [-0.39, 0.29) is 5.91 Å². The monoisotopic (exact) mass is 322 g/mol. The minimum Gasteiger partial charge on any atom is -0.313 e. The van der Waals surface area contributed by atoms with E-state index >= 15 is 0 Å². The molecule has 1 aromatic heterocycles. The second-order valence-electron chi connectivity index (χ2n) is 6.66. The van der Waals surface area contributed by atoms with Crippen molar-refractivity contribution in [1.82, 2.24) is 15.7 Å². The zero-order valence-corrected chi connectivity index (χ0v) is 13.7. The van der Waals surface area contributed by atoms with E-state index in [0.717, 1.165) is 29.6 Å². The molecule has 5 nitrogen and oxygen atoms in total. The lowest BCUT2D eigenvalue weighted by molar-refractivity contribution is 0.0954. The van der Waals surface area contributed by atoms with E-state index < -0.39 is 0 Å². The normalized spacial score (nSPS) is 25.4. The predicted molar refractivity (Wildman–Crippen MR) is 95.0 cm³/mol. The maximum absolute atomic E-state index is 12.4. The van der Waals surface area contributed by atoms with Crippen molar-refractivity contribution in [2.75, 3.05) is 6.54 Å². The van der Waals surface area contributed by atoms with Crippen LogP contribution in [0.5, 0.6) is 0 Å². The van der Waals surface area contributed by atoms with Gasteiger partial charge in [-0.3, -0.25) is 9.78 Å². The van der Waals surface area contributed by atoms with Crippen LogP contribution >= 0.6 is 0 Å². The van der Waals surface area contributed by atoms with Crippen LogP contribution in [0.1, 0.15) is 42.5 Å². The number of hydrogen-bond donors (Lipinski definition) is 2. The van der Waals surface area contributed by atoms with Crippen LogP contribution in [0.4, 0.5) is 0 Å². The molecule has 0 bridgehead atoms. The summed E-state index contributed by atoms with van der Waals surface area (Å²) in [4.78, 5) is 16.7. The molecule has 2 N–H and O–H groups in total. The number of hydrogen-bond acceptors (Lipinski definition) is 4. The molecule has 1 aliphatic carbocycles. The molecule has 2 aromatic rings. The second-order valence-corrected chi connectivity index (χ2v) is 6.66. The van der Waals surface area contributed by atoms with Crippen LogP contribution in [0.25, 0.3) is 10.9 Å². The lowest BCUT2D eigenvalue weighted by Gasteiger charge is -2.37. The van der Waals surface area contributed by atoms with Gasteiger partial charge in [0.1, 0.15) is 0 Å². The maximum Gasteiger partial charge on any atom is 0.271 e. The number of pyridine rings is 1. The van der Waals surface area contributed by atoms with E-state index in [1.165, 1.54) is 25.7 Å². The Kier molecular flexibility index (Phi) is 4.26. The zero-order chi connectivity index (χ0) is 16.4. The van der Waals surface area contributed by atoms with Crippen molar-refractivity contribution in [3.05, 3.63) is 42.1 Å². The molecule has 1 saturated carbocycles. The molecule has 24 heavy (non-hydrogen) atoms. The number of nitrogens with one attached hydrogen (secondary N) is 2. The quantitative estimate of drug-likeness (QED) is 0.836. The van der Waals surface area contributed by atoms with Crippen molar-refractivity contribution < 1.29 is 4.79 Å². The van der Waals surface area contributed by atoms with E-state index in [1.54, 1.807) is 12.3 Å². The number of amides is 1. The molecule has 0 radical (unpaired) electrons. The van der Waals surface area contributed by atoms with Gasteiger partial charge < -0.3 is 5.32 Å². The largest absolute Gasteiger partial charge is 0.313 e. The van der Waals surface area contributed by atoms with Crippen molar-refractivity contribution in [2.24, 2.45) is 11.0 Å². The first-order chi connectivity index (χ1) is 11.8. The van der Waals surface area contributed by atoms with Crippen LogP contribution in [0.3, 0.4) is 0 Å². The second kappa shape index (κ2) is 6.69. The SMILES string of the molecule is O=C(N/N=C1\CCNC2CCCCC12)c1ccc2ncccc2c1. The topological polar surface area (TPSA) is 66.4 Å². The van der Waals surface area contributed by atoms with Crippen LogP contribution in [-0.2, 0) is 0 Å². The lowest BCUT2D eigenvalue weighted by Crippen LogP contribution is -2.48. The van der Waals surface area contributed by atoms with Gasteiger partial charge in [0.25, 0.3) is 5.91 Å². The number of rotatable bonds is 2. The lowest BCUT2D eigenvalue weighted by atomic mass is 9.78. The van der Waals surface area contributed by atoms with E-state index in [2.05, 4.69) is 20.8 Å². The number of fused-ring (bicyclic) bond motifs is 2. The molecule has 1 aromatic carbocycles. The molecule has 5 heteroatoms. The van der Waals surface area contributed by atoms with Gasteiger partial charge in [0, 0.05) is 47.8 Å². The molecular weight excluding hydrogens is 300 g/mol. The van der Waals surface area contributed by atoms with Gasteiger partial charge in [-0.25, -0.2) is 5.43 Å². The maximum atomic E-state index is 12.4. The summed E-state index contributed by atoms with van der Waals surface area (Å²) in [5.41, 5.74) is 5.43. The Morgan fingerprint density at radius 3 is 3.12 bits per heavy atom. The number of piperidine rings is 1. The Morgan fingerprint density at radius 2 is 2.17 bits per heavy atom. The molecule has 1 aliphatic heterocycles. The standard InChI is InChI=1S/C19H22N4O/c24-19(14-7-8-16-13(12-14)4-3-10-20-16)23-22-18-9-11-21-17-6-2-1-5-15(17)18/h3-4,7-8,10,12,15,17,21H,1-2,5-6,9,11H2,(H,23,24)/b22-18+. The highest BCUT2D eigenvalue weighted by Gasteiger charge is 2.32. The molecule has 4 rings (SSSR count). The van der Waals surface area contributed by atoms with E-state index in [4.69, 9.17) is 0 Å². The summed E-state index contributed by atoms with van der Waals surface area (Å²) in [7, 11) is 0. The van der Waals surface area contributed by atoms with Crippen molar-refractivity contribution in [3.63, 3.8) is 0 Å². The minimum atomic E-state index is -0.154. The molecule has 2 aliphatic rings. The fourth-order valence-electron chi connectivity index (χ4n) is 3.89. The summed E-state index contributed by atoms with van der Waals surface area (Å²) in [6.07, 6.45) is 7.62. The van der Waals surface area contributed by atoms with Gasteiger partial charge in [0.15, 0.2) is 0 Å². The fraction of sp³-hybridized carbons (Fsp3) is 0.421. The number of carbonyl (C=O) groups is 1. The highest BCUT2D eigenvalue weighted by atomic mass is 16.2. The zero-order valence-electron chi connectivity index (χ0n) is 13.7. The van der Waals surface area contributed by atoms with Gasteiger partial charge in [-0.2, -0.15) is 5.10 Å². The number of nitrogens with zero attached hydrogens (tertiary/aromatic N) is 2. The van der Waals surface area contributed by atoms with E-state index in [9.17, 15) is 4.79 Å². The number of aromatic nitrogens is 1. The number of benzene rings is 1. The van der Waals surface area contributed by atoms with Gasteiger partial charge >= 0.3 is 0 Å². The number of hydrazone groups is 1. The third kappa shape index (κ3) is 3.04. The molecule has 2 unspecified atom stereocenters. The first-order valence-corrected chi connectivity index (χ1v) is 8.76. The Morgan fingerprint density at radius 1 is 1.25 bits per heavy atom. The van der Waals surface area contributed by atoms with Crippen LogP contribution in [0, 0.1) is 5.92 Å². The van der Waals surface area contributed by atoms with Crippen LogP contribution in [0.2, 0.25) is 0 Å². The molecule has 0 spiro atoms. The van der Waals surface area contributed by atoms with Gasteiger partial charge in [0.2, 0.25) is 0 Å². The van der Waals surface area contributed by atoms with Gasteiger partial charge in [-0.1, -0.05) is 18.9 Å². The third-order valence-corrected chi connectivity index (χ3v) is 5.15. The highest BCUT2D eigenvalue weighted by molar-refractivity contribution is 5.99. The smallest absolute Gasteiger partial charge is 0.271 e. The Bertz CT molecular complexity index is 784. The third-order valence-electron chi connectivity index (χ3n) is 5.15. The van der Waals surface area contributed by atoms with Crippen molar-refractivity contribution >= 4 is 22.5 Å². The predicted octanol–water partition coefficient (Wildman–Crippen LogP) is 2.87. The van der Waals surface area contributed by atoms with Crippen molar-refractivity contribution in [3.8, 4) is 0 Å². The van der Waals surface area contributed by atoms with E-state index in [0.29, 0.717) is 17.5 Å². The number of carbonyl (C=O) groups excluding carboxylic acids is 1. The summed E-state index contributed by atoms with van der Waals surface area (Å²) < 4.78 is 0. The minimum absolute atomic E-state index is 0.154. The molecule has 1 saturated heterocycles. The average Bonchev–Trinajstić information content (AvgIpc) is 2.65. The highest BCUT2D eigenvalue weighted by Crippen LogP contribution is 2.29. The van der Waals surface area contributed by atoms with Crippen LogP contribution in [0.15, 0.2) is 41.6 Å². The fourth-order valence-corrected chi connectivity index (χ4v) is 3.89. The molecular formula is C19H22N4O. The summed E-state index contributed by atoms with van der Waals surface area (Å²) in [6, 6.07) is 9.92. The Balaban J connectivity index is 1.50. The first kappa shape index (κ1) is 15.3. The van der Waals surface area contributed by atoms with Crippen molar-refractivity contribution in [1.29, 1.82) is 0 Å². The summed E-state index contributed by atoms with van der Waals surface area (Å²) in [6.45, 7) is 0.956. The average molecular weight is 322 g/mol. The molecule has 2 heterocycles. The summed E-state index contributed by atoms with van der Waals surface area (Å²) in [5, 5.41) is 9.04. The van der Waals surface area contributed by atoms with Gasteiger partial charge in [-0.15, -0.1) is 0 Å². The molecule has 2 atom stereocenters. The summed E-state index contributed by atoms with van der Waals surface area (Å²) >= 11 is 0. The van der Waals surface area contributed by atoms with Crippen LogP contribution < -0.4 is 10.7 Å². The van der Waals surface area contributed by atoms with Gasteiger partial charge in [0.05, 0.1) is 5.52 Å². The Labute approximate surface area is 141 Å². The van der Waals surface area contributed by atoms with Crippen LogP contribution in [-0.4, -0.2) is 29.2 Å². The molecule has 1 amide bonds. The first-order valence-electron chi connectivity index (χ1n) is 8.76. The Hall–Kier alpha value is -2.27. The van der Waals surface area contributed by atoms with Gasteiger partial charge in [-0.05, 0) is 37.1 Å². The molecule has 2 fully saturated rings. The van der Waals surface area contributed by atoms with E-state index in [1.807, 2.05) is 24.3 Å². The molecule has 124 valence electrons.